The minimum atomic E-state index is 0.158. The molecule has 21 heavy (non-hydrogen) atoms. The molecule has 0 bridgehead atoms. The lowest BCUT2D eigenvalue weighted by atomic mass is 9.86. The van der Waals surface area contributed by atoms with Crippen LogP contribution in [-0.2, 0) is 10.2 Å². The lowest BCUT2D eigenvalue weighted by Crippen LogP contribution is -2.10. The van der Waals surface area contributed by atoms with E-state index in [1.54, 1.807) is 13.4 Å². The predicted octanol–water partition coefficient (Wildman–Crippen LogP) is 5.31. The van der Waals surface area contributed by atoms with E-state index in [1.807, 2.05) is 18.2 Å². The Kier molecular flexibility index (Phi) is 4.79. The van der Waals surface area contributed by atoms with Gasteiger partial charge in [-0.05, 0) is 28.2 Å². The minimum absolute atomic E-state index is 0.158. The summed E-state index contributed by atoms with van der Waals surface area (Å²) in [6.45, 7) is 6.66. The molecule has 2 heteroatoms. The maximum absolute atomic E-state index is 5.27. The van der Waals surface area contributed by atoms with E-state index in [0.717, 1.165) is 21.6 Å². The summed E-state index contributed by atoms with van der Waals surface area (Å²) >= 11 is 4.55. The molecule has 0 fully saturated rings. The molecule has 2 aromatic carbocycles. The predicted molar refractivity (Wildman–Crippen MR) is 92.9 cm³/mol. The molecule has 0 unspecified atom stereocenters. The zero-order valence-electron chi connectivity index (χ0n) is 13.1. The third kappa shape index (κ3) is 3.70. The zero-order chi connectivity index (χ0) is 15.5. The highest BCUT2D eigenvalue weighted by atomic mass is 32.1. The normalized spacial score (nSPS) is 12.3. The molecular formula is C19H22OS. The van der Waals surface area contributed by atoms with Crippen LogP contribution >= 0.6 is 12.6 Å². The van der Waals surface area contributed by atoms with Gasteiger partial charge in [-0.2, -0.15) is 0 Å². The number of hydrogen-bond acceptors (Lipinski definition) is 2. The smallest absolute Gasteiger partial charge is 0.0909 e. The van der Waals surface area contributed by atoms with Crippen molar-refractivity contribution in [3.05, 3.63) is 71.5 Å². The summed E-state index contributed by atoms with van der Waals surface area (Å²) in [4.78, 5) is 0.945. The van der Waals surface area contributed by atoms with Gasteiger partial charge >= 0.3 is 0 Å². The molecule has 0 aliphatic carbocycles. The molecule has 110 valence electrons. The van der Waals surface area contributed by atoms with Gasteiger partial charge in [-0.25, -0.2) is 0 Å². The van der Waals surface area contributed by atoms with Crippen LogP contribution in [0, 0.1) is 0 Å². The van der Waals surface area contributed by atoms with Gasteiger partial charge in [0, 0.05) is 10.5 Å². The molecule has 0 aromatic heterocycles. The van der Waals surface area contributed by atoms with Gasteiger partial charge in [0.25, 0.3) is 0 Å². The van der Waals surface area contributed by atoms with Crippen LogP contribution < -0.4 is 0 Å². The van der Waals surface area contributed by atoms with Crippen LogP contribution in [0.4, 0.5) is 0 Å². The Hall–Kier alpha value is -1.67. The third-order valence-corrected chi connectivity index (χ3v) is 3.88. The van der Waals surface area contributed by atoms with E-state index < -0.39 is 0 Å². The fourth-order valence-electron chi connectivity index (χ4n) is 2.26. The van der Waals surface area contributed by atoms with Gasteiger partial charge in [-0.1, -0.05) is 63.2 Å². The Morgan fingerprint density at radius 2 is 1.62 bits per heavy atom. The summed E-state index contributed by atoms with van der Waals surface area (Å²) in [6.07, 6.45) is 1.78. The van der Waals surface area contributed by atoms with E-state index in [0.29, 0.717) is 0 Å². The molecule has 0 saturated heterocycles. The average molecular weight is 298 g/mol. The topological polar surface area (TPSA) is 9.23 Å². The molecule has 0 saturated carbocycles. The quantitative estimate of drug-likeness (QED) is 0.597. The summed E-state index contributed by atoms with van der Waals surface area (Å²) in [5.41, 5.74) is 4.73. The Bertz CT molecular complexity index is 633. The van der Waals surface area contributed by atoms with Crippen LogP contribution in [0.1, 0.15) is 37.5 Å². The molecule has 0 radical (unpaired) electrons. The van der Waals surface area contributed by atoms with Crippen molar-refractivity contribution in [2.45, 2.75) is 31.1 Å². The van der Waals surface area contributed by atoms with E-state index in [-0.39, 0.29) is 5.41 Å². The monoisotopic (exact) mass is 298 g/mol. The Morgan fingerprint density at radius 3 is 2.14 bits per heavy atom. The second-order valence-corrected chi connectivity index (χ2v) is 6.59. The number of ether oxygens (including phenoxy) is 1. The van der Waals surface area contributed by atoms with Gasteiger partial charge < -0.3 is 4.74 Å². The maximum Gasteiger partial charge on any atom is 0.0909 e. The molecule has 0 spiro atoms. The summed E-state index contributed by atoms with van der Waals surface area (Å²) in [5, 5.41) is 0. The van der Waals surface area contributed by atoms with Crippen molar-refractivity contribution in [3.63, 3.8) is 0 Å². The number of thiol groups is 1. The van der Waals surface area contributed by atoms with E-state index in [2.05, 4.69) is 63.7 Å². The molecular weight excluding hydrogens is 276 g/mol. The lowest BCUT2D eigenvalue weighted by Gasteiger charge is -2.19. The molecule has 0 aliphatic heterocycles. The number of rotatable bonds is 3. The average Bonchev–Trinajstić information content (AvgIpc) is 2.45. The summed E-state index contributed by atoms with van der Waals surface area (Å²) < 4.78 is 5.27. The van der Waals surface area contributed by atoms with Gasteiger partial charge in [-0.15, -0.1) is 12.6 Å². The van der Waals surface area contributed by atoms with E-state index >= 15 is 0 Å². The molecule has 2 rings (SSSR count). The molecule has 0 amide bonds. The van der Waals surface area contributed by atoms with Crippen molar-refractivity contribution in [3.8, 4) is 0 Å². The molecule has 0 heterocycles. The van der Waals surface area contributed by atoms with Crippen molar-refractivity contribution in [1.29, 1.82) is 0 Å². The van der Waals surface area contributed by atoms with Crippen LogP contribution in [0.25, 0.3) is 5.57 Å². The minimum Gasteiger partial charge on any atom is -0.504 e. The van der Waals surface area contributed by atoms with Gasteiger partial charge in [0.05, 0.1) is 13.4 Å². The number of methoxy groups -OCH3 is 1. The highest BCUT2D eigenvalue weighted by Gasteiger charge is 2.14. The molecule has 0 atom stereocenters. The first-order valence-corrected chi connectivity index (χ1v) is 7.50. The third-order valence-electron chi connectivity index (χ3n) is 3.49. The second kappa shape index (κ2) is 6.40. The Labute approximate surface area is 133 Å². The zero-order valence-corrected chi connectivity index (χ0v) is 13.9. The molecule has 0 aliphatic rings. The van der Waals surface area contributed by atoms with E-state index in [1.165, 1.54) is 5.56 Å². The first-order chi connectivity index (χ1) is 9.93. The van der Waals surface area contributed by atoms with Crippen molar-refractivity contribution in [2.24, 2.45) is 0 Å². The van der Waals surface area contributed by atoms with Gasteiger partial charge in [0.15, 0.2) is 0 Å². The van der Waals surface area contributed by atoms with Gasteiger partial charge in [0.2, 0.25) is 0 Å². The number of hydrogen-bond donors (Lipinski definition) is 1. The highest BCUT2D eigenvalue weighted by molar-refractivity contribution is 7.80. The summed E-state index contributed by atoms with van der Waals surface area (Å²) in [6, 6.07) is 16.7. The first-order valence-electron chi connectivity index (χ1n) is 7.05. The van der Waals surface area contributed by atoms with Crippen molar-refractivity contribution < 1.29 is 4.74 Å². The summed E-state index contributed by atoms with van der Waals surface area (Å²) in [5.74, 6) is 0. The Morgan fingerprint density at radius 1 is 1.00 bits per heavy atom. The van der Waals surface area contributed by atoms with Crippen molar-refractivity contribution >= 4 is 18.2 Å². The SMILES string of the molecule is CO/C=C(/c1ccc(C(C)(C)C)cc1)c1ccccc1S. The van der Waals surface area contributed by atoms with Crippen molar-refractivity contribution in [2.75, 3.05) is 7.11 Å². The first kappa shape index (κ1) is 15.7. The number of benzene rings is 2. The standard InChI is InChI=1S/C19H22OS/c1-19(2,3)15-11-9-14(10-12-15)17(13-20-4)16-7-5-6-8-18(16)21/h5-13,21H,1-4H3/b17-13-. The van der Waals surface area contributed by atoms with E-state index in [9.17, 15) is 0 Å². The summed E-state index contributed by atoms with van der Waals surface area (Å²) in [7, 11) is 1.67. The maximum atomic E-state index is 5.27. The Balaban J connectivity index is 2.46. The van der Waals surface area contributed by atoms with Gasteiger partial charge in [-0.3, -0.25) is 0 Å². The van der Waals surface area contributed by atoms with Crippen LogP contribution in [0.3, 0.4) is 0 Å². The second-order valence-electron chi connectivity index (χ2n) is 6.11. The fraction of sp³-hybridized carbons (Fsp3) is 0.263. The largest absolute Gasteiger partial charge is 0.504 e. The molecule has 1 nitrogen and oxygen atoms in total. The lowest BCUT2D eigenvalue weighted by molar-refractivity contribution is 0.340. The fourth-order valence-corrected chi connectivity index (χ4v) is 2.54. The van der Waals surface area contributed by atoms with Gasteiger partial charge in [0.1, 0.15) is 0 Å². The van der Waals surface area contributed by atoms with Crippen molar-refractivity contribution in [1.82, 2.24) is 0 Å². The van der Waals surface area contributed by atoms with Crippen LogP contribution in [-0.4, -0.2) is 7.11 Å². The molecule has 2 aromatic rings. The van der Waals surface area contributed by atoms with Crippen LogP contribution in [0.15, 0.2) is 59.7 Å². The highest BCUT2D eigenvalue weighted by Crippen LogP contribution is 2.30. The molecule has 0 N–H and O–H groups in total. The van der Waals surface area contributed by atoms with Crippen LogP contribution in [0.5, 0.6) is 0 Å². The van der Waals surface area contributed by atoms with Crippen LogP contribution in [0.2, 0.25) is 0 Å². The van der Waals surface area contributed by atoms with E-state index in [4.69, 9.17) is 4.74 Å².